The molecule has 0 aliphatic carbocycles. The van der Waals surface area contributed by atoms with Gasteiger partial charge in [0.05, 0.1) is 11.4 Å². The van der Waals surface area contributed by atoms with Gasteiger partial charge in [-0.2, -0.15) is 0 Å². The van der Waals surface area contributed by atoms with E-state index in [0.717, 1.165) is 43.1 Å². The molecule has 4 heterocycles. The van der Waals surface area contributed by atoms with Gasteiger partial charge >= 0.3 is 0 Å². The van der Waals surface area contributed by atoms with Crippen LogP contribution in [0.15, 0.2) is 55.0 Å². The van der Waals surface area contributed by atoms with Gasteiger partial charge in [0.15, 0.2) is 0 Å². The van der Waals surface area contributed by atoms with E-state index < -0.39 is 0 Å². The highest BCUT2D eigenvalue weighted by atomic mass is 16.2. The summed E-state index contributed by atoms with van der Waals surface area (Å²) in [5.41, 5.74) is 4.51. The van der Waals surface area contributed by atoms with E-state index in [4.69, 9.17) is 0 Å². The highest BCUT2D eigenvalue weighted by Gasteiger charge is 2.30. The quantitative estimate of drug-likeness (QED) is 0.599. The Morgan fingerprint density at radius 2 is 1.68 bits per heavy atom. The SMILES string of the molecule is CC(=O)N(c1cccnc1C)C1CCN(c2cc(C(=O)N3Cc4ccccc4C3)ncn2)CC1. The number of aromatic nitrogens is 3. The third-order valence-electron chi connectivity index (χ3n) is 6.73. The number of rotatable bonds is 4. The maximum Gasteiger partial charge on any atom is 0.273 e. The van der Waals surface area contributed by atoms with Crippen molar-refractivity contribution in [1.82, 2.24) is 19.9 Å². The summed E-state index contributed by atoms with van der Waals surface area (Å²) in [5.74, 6) is 0.695. The number of nitrogens with zero attached hydrogens (tertiary/aromatic N) is 6. The minimum Gasteiger partial charge on any atom is -0.356 e. The van der Waals surface area contributed by atoms with Crippen molar-refractivity contribution < 1.29 is 9.59 Å². The number of aryl methyl sites for hydroxylation is 1. The average molecular weight is 457 g/mol. The number of piperidine rings is 1. The molecule has 1 aromatic carbocycles. The Labute approximate surface area is 199 Å². The molecule has 0 unspecified atom stereocenters. The van der Waals surface area contributed by atoms with Crippen molar-refractivity contribution in [3.63, 3.8) is 0 Å². The zero-order chi connectivity index (χ0) is 23.7. The van der Waals surface area contributed by atoms with Crippen LogP contribution in [0.2, 0.25) is 0 Å². The highest BCUT2D eigenvalue weighted by Crippen LogP contribution is 2.28. The fourth-order valence-corrected chi connectivity index (χ4v) is 4.98. The smallest absolute Gasteiger partial charge is 0.273 e. The molecule has 2 aliphatic heterocycles. The predicted octanol–water partition coefficient (Wildman–Crippen LogP) is 3.36. The molecule has 5 rings (SSSR count). The number of anilines is 2. The number of hydrogen-bond acceptors (Lipinski definition) is 6. The topological polar surface area (TPSA) is 82.5 Å². The fourth-order valence-electron chi connectivity index (χ4n) is 4.98. The van der Waals surface area contributed by atoms with Crippen molar-refractivity contribution in [3.05, 3.63) is 77.5 Å². The van der Waals surface area contributed by atoms with E-state index in [1.807, 2.05) is 41.0 Å². The van der Waals surface area contributed by atoms with Crippen molar-refractivity contribution in [2.24, 2.45) is 0 Å². The minimum atomic E-state index is -0.0791. The molecule has 34 heavy (non-hydrogen) atoms. The third kappa shape index (κ3) is 4.23. The van der Waals surface area contributed by atoms with Gasteiger partial charge in [-0.25, -0.2) is 9.97 Å². The normalized spacial score (nSPS) is 15.8. The van der Waals surface area contributed by atoms with E-state index in [-0.39, 0.29) is 17.9 Å². The van der Waals surface area contributed by atoms with Gasteiger partial charge in [-0.1, -0.05) is 24.3 Å². The third-order valence-corrected chi connectivity index (χ3v) is 6.73. The molecule has 8 heteroatoms. The Balaban J connectivity index is 1.27. The number of carbonyl (C=O) groups excluding carboxylic acids is 2. The highest BCUT2D eigenvalue weighted by molar-refractivity contribution is 5.93. The molecule has 0 radical (unpaired) electrons. The first-order valence-electron chi connectivity index (χ1n) is 11.7. The van der Waals surface area contributed by atoms with Crippen LogP contribution < -0.4 is 9.80 Å². The van der Waals surface area contributed by atoms with Gasteiger partial charge < -0.3 is 14.7 Å². The summed E-state index contributed by atoms with van der Waals surface area (Å²) < 4.78 is 0. The summed E-state index contributed by atoms with van der Waals surface area (Å²) in [7, 11) is 0. The van der Waals surface area contributed by atoms with Crippen molar-refractivity contribution in [3.8, 4) is 0 Å². The summed E-state index contributed by atoms with van der Waals surface area (Å²) >= 11 is 0. The molecular formula is C26H28N6O2. The van der Waals surface area contributed by atoms with Crippen LogP contribution in [0.25, 0.3) is 0 Å². The van der Waals surface area contributed by atoms with Crippen LogP contribution >= 0.6 is 0 Å². The van der Waals surface area contributed by atoms with Crippen LogP contribution in [0.4, 0.5) is 11.5 Å². The average Bonchev–Trinajstić information content (AvgIpc) is 3.30. The number of hydrogen-bond donors (Lipinski definition) is 0. The molecule has 174 valence electrons. The molecule has 1 saturated heterocycles. The second-order valence-electron chi connectivity index (χ2n) is 8.91. The van der Waals surface area contributed by atoms with Crippen LogP contribution in [-0.4, -0.2) is 50.8 Å². The zero-order valence-electron chi connectivity index (χ0n) is 19.5. The summed E-state index contributed by atoms with van der Waals surface area (Å²) in [6.07, 6.45) is 4.83. The lowest BCUT2D eigenvalue weighted by Crippen LogP contribution is -2.47. The number of carbonyl (C=O) groups is 2. The van der Waals surface area contributed by atoms with Gasteiger partial charge in [-0.3, -0.25) is 14.6 Å². The van der Waals surface area contributed by atoms with Crippen LogP contribution in [-0.2, 0) is 17.9 Å². The lowest BCUT2D eigenvalue weighted by atomic mass is 10.0. The van der Waals surface area contributed by atoms with E-state index in [9.17, 15) is 9.59 Å². The van der Waals surface area contributed by atoms with E-state index in [1.54, 1.807) is 19.2 Å². The van der Waals surface area contributed by atoms with Crippen molar-refractivity contribution in [2.45, 2.75) is 45.8 Å². The molecule has 0 atom stereocenters. The summed E-state index contributed by atoms with van der Waals surface area (Å²) in [5, 5.41) is 0. The molecular weight excluding hydrogens is 428 g/mol. The van der Waals surface area contributed by atoms with Crippen LogP contribution in [0.1, 0.15) is 47.1 Å². The number of pyridine rings is 1. The van der Waals surface area contributed by atoms with Crippen LogP contribution in [0.5, 0.6) is 0 Å². The first-order chi connectivity index (χ1) is 16.5. The molecule has 2 amide bonds. The Kier molecular flexibility index (Phi) is 5.96. The Morgan fingerprint density at radius 3 is 2.32 bits per heavy atom. The number of fused-ring (bicyclic) bond motifs is 1. The molecule has 0 bridgehead atoms. The molecule has 0 spiro atoms. The predicted molar refractivity (Wildman–Crippen MR) is 129 cm³/mol. The van der Waals surface area contributed by atoms with E-state index >= 15 is 0 Å². The second-order valence-corrected chi connectivity index (χ2v) is 8.91. The van der Waals surface area contributed by atoms with E-state index in [1.165, 1.54) is 17.5 Å². The lowest BCUT2D eigenvalue weighted by molar-refractivity contribution is -0.117. The van der Waals surface area contributed by atoms with Gasteiger partial charge in [0.25, 0.3) is 5.91 Å². The van der Waals surface area contributed by atoms with Gasteiger partial charge in [0, 0.05) is 51.4 Å². The summed E-state index contributed by atoms with van der Waals surface area (Å²) in [4.78, 5) is 44.6. The largest absolute Gasteiger partial charge is 0.356 e. The lowest BCUT2D eigenvalue weighted by Gasteiger charge is -2.39. The molecule has 8 nitrogen and oxygen atoms in total. The van der Waals surface area contributed by atoms with Crippen LogP contribution in [0, 0.1) is 6.92 Å². The minimum absolute atomic E-state index is 0.0241. The summed E-state index contributed by atoms with van der Waals surface area (Å²) in [6, 6.07) is 13.8. The fraction of sp³-hybridized carbons (Fsp3) is 0.346. The molecule has 2 aliphatic rings. The van der Waals surface area contributed by atoms with Gasteiger partial charge in [0.2, 0.25) is 5.91 Å². The first-order valence-corrected chi connectivity index (χ1v) is 11.7. The Bertz CT molecular complexity index is 1200. The first kappa shape index (κ1) is 22.0. The number of benzene rings is 1. The Hall–Kier alpha value is -3.81. The van der Waals surface area contributed by atoms with Gasteiger partial charge in [0.1, 0.15) is 17.8 Å². The standard InChI is InChI=1S/C26H28N6O2/c1-18-24(8-5-11-27-18)32(19(2)33)22-9-12-30(13-10-22)25-14-23(28-17-29-25)26(34)31-15-20-6-3-4-7-21(20)16-31/h3-8,11,14,17,22H,9-10,12-13,15-16H2,1-2H3. The molecule has 0 N–H and O–H groups in total. The Morgan fingerprint density at radius 1 is 0.971 bits per heavy atom. The molecule has 1 fully saturated rings. The maximum atomic E-state index is 13.1. The maximum absolute atomic E-state index is 13.1. The van der Waals surface area contributed by atoms with Gasteiger partial charge in [-0.05, 0) is 43.0 Å². The van der Waals surface area contributed by atoms with Crippen LogP contribution in [0.3, 0.4) is 0 Å². The molecule has 3 aromatic rings. The van der Waals surface area contributed by atoms with E-state index in [2.05, 4.69) is 32.0 Å². The molecule has 2 aromatic heterocycles. The summed E-state index contributed by atoms with van der Waals surface area (Å²) in [6.45, 7) is 6.24. The van der Waals surface area contributed by atoms with E-state index in [0.29, 0.717) is 18.8 Å². The monoisotopic (exact) mass is 456 g/mol. The number of amides is 2. The second kappa shape index (κ2) is 9.21. The van der Waals surface area contributed by atoms with Crippen molar-refractivity contribution in [1.29, 1.82) is 0 Å². The van der Waals surface area contributed by atoms with Gasteiger partial charge in [-0.15, -0.1) is 0 Å². The zero-order valence-corrected chi connectivity index (χ0v) is 19.5. The van der Waals surface area contributed by atoms with Crippen molar-refractivity contribution >= 4 is 23.3 Å². The van der Waals surface area contributed by atoms with Crippen molar-refractivity contribution in [2.75, 3.05) is 22.9 Å². The molecule has 0 saturated carbocycles.